The van der Waals surface area contributed by atoms with Crippen molar-refractivity contribution in [1.82, 2.24) is 0 Å². The Bertz CT molecular complexity index is 138. The van der Waals surface area contributed by atoms with Gasteiger partial charge in [-0.25, -0.2) is 0 Å². The van der Waals surface area contributed by atoms with Gasteiger partial charge >= 0.3 is 42.4 Å². The molecule has 0 atom stereocenters. The SMILES string of the molecule is C[C]1[C](C)[C](C)[C](C)[C]1C.[C-]#[O+].[C-]#[O+].[Os+]. The first-order chi connectivity index (χ1) is 6.55. The van der Waals surface area contributed by atoms with Crippen LogP contribution in [-0.2, 0) is 29.1 Å². The van der Waals surface area contributed by atoms with Crippen LogP contribution in [0.1, 0.15) is 34.6 Å². The molecule has 1 rings (SSSR count). The molecule has 15 heavy (non-hydrogen) atoms. The maximum atomic E-state index is 7.50. The molecule has 0 spiro atoms. The Kier molecular flexibility index (Phi) is 14.5. The van der Waals surface area contributed by atoms with Gasteiger partial charge in [-0.1, -0.05) is 34.6 Å². The number of hydrogen-bond acceptors (Lipinski definition) is 0. The van der Waals surface area contributed by atoms with Crippen LogP contribution in [0.4, 0.5) is 0 Å². The molecule has 0 saturated heterocycles. The fraction of sp³-hybridized carbons (Fsp3) is 0.417. The standard InChI is InChI=1S/C10H15.2CO.Os/c1-6-7(2)9(4)10(5)8(6)3;2*1-2;/h1-5H3;;;/q;;;+1. The Balaban J connectivity index is -0.000000258. The van der Waals surface area contributed by atoms with Gasteiger partial charge in [-0.2, -0.15) is 0 Å². The third-order valence-corrected chi connectivity index (χ3v) is 2.81. The predicted octanol–water partition coefficient (Wildman–Crippen LogP) is 2.89. The van der Waals surface area contributed by atoms with Crippen LogP contribution in [0, 0.1) is 42.9 Å². The smallest absolute Gasteiger partial charge is 1.00 e. The maximum Gasteiger partial charge on any atom is 1.00 e. The second-order valence-electron chi connectivity index (χ2n) is 3.12. The van der Waals surface area contributed by atoms with Gasteiger partial charge in [0.25, 0.3) is 0 Å². The zero-order valence-electron chi connectivity index (χ0n) is 9.67. The minimum absolute atomic E-state index is 0. The van der Waals surface area contributed by atoms with Crippen molar-refractivity contribution < 1.29 is 29.1 Å². The number of rotatable bonds is 0. The van der Waals surface area contributed by atoms with Gasteiger partial charge in [0.2, 0.25) is 0 Å². The summed E-state index contributed by atoms with van der Waals surface area (Å²) in [6.45, 7) is 20.0. The van der Waals surface area contributed by atoms with E-state index in [9.17, 15) is 0 Å². The van der Waals surface area contributed by atoms with E-state index in [0.29, 0.717) is 0 Å². The zero-order valence-corrected chi connectivity index (χ0v) is 12.2. The average molecular weight is 381 g/mol. The molecule has 0 aromatic heterocycles. The molecule has 0 aromatic carbocycles. The molecule has 0 amide bonds. The van der Waals surface area contributed by atoms with Gasteiger partial charge in [0, 0.05) is 0 Å². The largest absolute Gasteiger partial charge is 1.00 e. The Morgan fingerprint density at radius 3 is 0.667 bits per heavy atom. The maximum absolute atomic E-state index is 7.50. The van der Waals surface area contributed by atoms with E-state index in [1.807, 2.05) is 0 Å². The van der Waals surface area contributed by atoms with Crippen molar-refractivity contribution in [2.75, 3.05) is 0 Å². The molecule has 0 aliphatic heterocycles. The van der Waals surface area contributed by atoms with Crippen LogP contribution >= 0.6 is 0 Å². The fourth-order valence-electron chi connectivity index (χ4n) is 1.41. The van der Waals surface area contributed by atoms with Gasteiger partial charge < -0.3 is 0 Å². The molecule has 0 aromatic rings. The van der Waals surface area contributed by atoms with Crippen LogP contribution in [0.25, 0.3) is 0 Å². The van der Waals surface area contributed by atoms with E-state index >= 15 is 0 Å². The summed E-state index contributed by atoms with van der Waals surface area (Å²) in [6.07, 6.45) is 0. The summed E-state index contributed by atoms with van der Waals surface area (Å²) >= 11 is 0. The molecule has 6 radical (unpaired) electrons. The van der Waals surface area contributed by atoms with Gasteiger partial charge in [-0.15, -0.1) is 0 Å². The first-order valence-corrected chi connectivity index (χ1v) is 4.16. The molecular formula is C12H15O2Os+. The van der Waals surface area contributed by atoms with E-state index < -0.39 is 0 Å². The molecule has 0 bridgehead atoms. The van der Waals surface area contributed by atoms with E-state index in [-0.39, 0.29) is 19.8 Å². The third-order valence-electron chi connectivity index (χ3n) is 2.81. The van der Waals surface area contributed by atoms with Crippen LogP contribution in [0.3, 0.4) is 0 Å². The van der Waals surface area contributed by atoms with Crippen molar-refractivity contribution in [3.63, 3.8) is 0 Å². The molecule has 2 nitrogen and oxygen atoms in total. The summed E-state index contributed by atoms with van der Waals surface area (Å²) in [5, 5.41) is 0. The van der Waals surface area contributed by atoms with Crippen LogP contribution in [-0.4, -0.2) is 0 Å². The van der Waals surface area contributed by atoms with Gasteiger partial charge in [0.05, 0.1) is 0 Å². The number of hydrogen-bond donors (Lipinski definition) is 0. The first kappa shape index (κ1) is 20.5. The van der Waals surface area contributed by atoms with Gasteiger partial charge in [0.1, 0.15) is 0 Å². The van der Waals surface area contributed by atoms with Gasteiger partial charge in [-0.3, -0.25) is 0 Å². The van der Waals surface area contributed by atoms with Crippen LogP contribution in [0.2, 0.25) is 0 Å². The molecule has 3 heteroatoms. The van der Waals surface area contributed by atoms with Crippen molar-refractivity contribution in [2.24, 2.45) is 0 Å². The molecule has 1 fully saturated rings. The van der Waals surface area contributed by atoms with E-state index in [1.54, 1.807) is 0 Å². The Labute approximate surface area is 107 Å². The molecule has 1 aliphatic rings. The van der Waals surface area contributed by atoms with Crippen molar-refractivity contribution in [1.29, 1.82) is 0 Å². The molecule has 0 unspecified atom stereocenters. The molecule has 1 saturated carbocycles. The summed E-state index contributed by atoms with van der Waals surface area (Å²) in [4.78, 5) is 0. The molecule has 0 N–H and O–H groups in total. The minimum atomic E-state index is 0. The van der Waals surface area contributed by atoms with Gasteiger partial charge in [0.15, 0.2) is 0 Å². The summed E-state index contributed by atoms with van der Waals surface area (Å²) in [6, 6.07) is 0. The summed E-state index contributed by atoms with van der Waals surface area (Å²) in [7, 11) is 0. The Morgan fingerprint density at radius 2 is 0.600 bits per heavy atom. The monoisotopic (exact) mass is 383 g/mol. The predicted molar refractivity (Wildman–Crippen MR) is 52.4 cm³/mol. The molecule has 1 aliphatic carbocycles. The van der Waals surface area contributed by atoms with E-state index in [2.05, 4.69) is 47.9 Å². The summed E-state index contributed by atoms with van der Waals surface area (Å²) in [5.41, 5.74) is 0. The molecule has 0 heterocycles. The van der Waals surface area contributed by atoms with Crippen LogP contribution < -0.4 is 0 Å². The minimum Gasteiger partial charge on any atom is 1.00 e. The summed E-state index contributed by atoms with van der Waals surface area (Å²) < 4.78 is 15.0. The normalized spacial score (nSPS) is 19.3. The van der Waals surface area contributed by atoms with Gasteiger partial charge in [-0.05, 0) is 29.6 Å². The quantitative estimate of drug-likeness (QED) is 0.457. The van der Waals surface area contributed by atoms with Crippen molar-refractivity contribution in [3.8, 4) is 0 Å². The van der Waals surface area contributed by atoms with Crippen molar-refractivity contribution in [3.05, 3.63) is 42.9 Å². The average Bonchev–Trinajstić information content (AvgIpc) is 2.42. The Hall–Kier alpha value is 0.116. The Morgan fingerprint density at radius 1 is 0.533 bits per heavy atom. The van der Waals surface area contributed by atoms with E-state index in [1.165, 1.54) is 29.6 Å². The van der Waals surface area contributed by atoms with E-state index in [0.717, 1.165) is 0 Å². The summed E-state index contributed by atoms with van der Waals surface area (Å²) in [5.74, 6) is 7.34. The van der Waals surface area contributed by atoms with Crippen LogP contribution in [0.15, 0.2) is 0 Å². The third kappa shape index (κ3) is 5.12. The molecular weight excluding hydrogens is 366 g/mol. The zero-order chi connectivity index (χ0) is 11.9. The van der Waals surface area contributed by atoms with Crippen molar-refractivity contribution in [2.45, 2.75) is 34.6 Å². The fourth-order valence-corrected chi connectivity index (χ4v) is 1.41. The molecule has 82 valence electrons. The first-order valence-electron chi connectivity index (χ1n) is 4.16. The second kappa shape index (κ2) is 10.6. The van der Waals surface area contributed by atoms with Crippen molar-refractivity contribution >= 4 is 0 Å². The second-order valence-corrected chi connectivity index (χ2v) is 3.12. The van der Waals surface area contributed by atoms with Crippen LogP contribution in [0.5, 0.6) is 0 Å². The topological polar surface area (TPSA) is 39.8 Å². The van der Waals surface area contributed by atoms with E-state index in [4.69, 9.17) is 9.30 Å².